The highest BCUT2D eigenvalue weighted by atomic mass is 35.5. The Kier molecular flexibility index (Phi) is 7.00. The van der Waals surface area contributed by atoms with Crippen LogP contribution in [0.1, 0.15) is 15.9 Å². The van der Waals surface area contributed by atoms with Gasteiger partial charge in [-0.1, -0.05) is 54.1 Å². The zero-order valence-corrected chi connectivity index (χ0v) is 16.6. The van der Waals surface area contributed by atoms with Crippen LogP contribution in [-0.2, 0) is 6.42 Å². The van der Waals surface area contributed by atoms with Crippen molar-refractivity contribution in [1.29, 1.82) is 0 Å². The summed E-state index contributed by atoms with van der Waals surface area (Å²) < 4.78 is 5.76. The van der Waals surface area contributed by atoms with Crippen LogP contribution in [0.15, 0.2) is 78.9 Å². The summed E-state index contributed by atoms with van der Waals surface area (Å²) in [6.07, 6.45) is 0.846. The maximum atomic E-state index is 12.2. The number of ether oxygens (including phenoxy) is 1. The van der Waals surface area contributed by atoms with Crippen molar-refractivity contribution in [3.05, 3.63) is 95.0 Å². The van der Waals surface area contributed by atoms with Gasteiger partial charge in [0.2, 0.25) is 0 Å². The molecule has 0 fully saturated rings. The molecule has 2 N–H and O–H groups in total. The van der Waals surface area contributed by atoms with Gasteiger partial charge in [-0.2, -0.15) is 0 Å². The molecule has 0 bridgehead atoms. The van der Waals surface area contributed by atoms with Gasteiger partial charge in [-0.3, -0.25) is 10.1 Å². The number of hydrogen-bond acceptors (Lipinski definition) is 3. The van der Waals surface area contributed by atoms with E-state index in [1.54, 1.807) is 24.3 Å². The average Bonchev–Trinajstić information content (AvgIpc) is 2.70. The van der Waals surface area contributed by atoms with E-state index in [2.05, 4.69) is 22.8 Å². The first-order valence-corrected chi connectivity index (χ1v) is 9.54. The van der Waals surface area contributed by atoms with E-state index in [1.165, 1.54) is 5.56 Å². The van der Waals surface area contributed by atoms with Crippen LogP contribution in [0.25, 0.3) is 0 Å². The molecule has 4 nitrogen and oxygen atoms in total. The molecule has 6 heteroatoms. The van der Waals surface area contributed by atoms with E-state index < -0.39 is 0 Å². The number of nitrogens with one attached hydrogen (secondary N) is 2. The summed E-state index contributed by atoms with van der Waals surface area (Å²) in [6.45, 7) is 0.600. The van der Waals surface area contributed by atoms with Crippen LogP contribution in [0.4, 0.5) is 5.69 Å². The average molecular weight is 411 g/mol. The Labute approximate surface area is 174 Å². The standard InChI is InChI=1S/C22H19ClN2O2S/c23-20-9-5-4-8-19(20)21(26)25-22(28)24-17-10-12-18(13-11-17)27-15-14-16-6-2-1-3-7-16/h1-13H,14-15H2,(H2,24,25,26,28). The Morgan fingerprint density at radius 3 is 2.32 bits per heavy atom. The van der Waals surface area contributed by atoms with Crippen molar-refractivity contribution in [2.24, 2.45) is 0 Å². The number of amides is 1. The number of thiocarbonyl (C=S) groups is 1. The van der Waals surface area contributed by atoms with Gasteiger partial charge in [0.15, 0.2) is 5.11 Å². The van der Waals surface area contributed by atoms with Crippen molar-refractivity contribution in [1.82, 2.24) is 5.32 Å². The fraction of sp³-hybridized carbons (Fsp3) is 0.0909. The fourth-order valence-electron chi connectivity index (χ4n) is 2.54. The smallest absolute Gasteiger partial charge is 0.258 e. The summed E-state index contributed by atoms with van der Waals surface area (Å²) in [4.78, 5) is 12.2. The van der Waals surface area contributed by atoms with Crippen LogP contribution in [0.5, 0.6) is 5.75 Å². The van der Waals surface area contributed by atoms with Crippen molar-refractivity contribution < 1.29 is 9.53 Å². The van der Waals surface area contributed by atoms with Crippen molar-refractivity contribution in [3.8, 4) is 5.75 Å². The molecule has 0 aliphatic carbocycles. The molecule has 0 aromatic heterocycles. The van der Waals surface area contributed by atoms with Gasteiger partial charge in [0.05, 0.1) is 17.2 Å². The molecule has 1 amide bonds. The summed E-state index contributed by atoms with van der Waals surface area (Å²) >= 11 is 11.2. The van der Waals surface area contributed by atoms with Crippen LogP contribution in [0.2, 0.25) is 5.02 Å². The summed E-state index contributed by atoms with van der Waals surface area (Å²) in [5, 5.41) is 6.16. The third-order valence-electron chi connectivity index (χ3n) is 3.96. The molecule has 28 heavy (non-hydrogen) atoms. The number of anilines is 1. The summed E-state index contributed by atoms with van der Waals surface area (Å²) in [7, 11) is 0. The topological polar surface area (TPSA) is 50.4 Å². The molecule has 0 aliphatic heterocycles. The first-order valence-electron chi connectivity index (χ1n) is 8.75. The fourth-order valence-corrected chi connectivity index (χ4v) is 2.98. The maximum Gasteiger partial charge on any atom is 0.258 e. The van der Waals surface area contributed by atoms with Crippen LogP contribution < -0.4 is 15.4 Å². The largest absolute Gasteiger partial charge is 0.493 e. The first kappa shape index (κ1) is 19.9. The van der Waals surface area contributed by atoms with Gasteiger partial charge in [-0.25, -0.2) is 0 Å². The second-order valence-corrected chi connectivity index (χ2v) is 6.81. The second kappa shape index (κ2) is 9.88. The molecule has 0 saturated carbocycles. The van der Waals surface area contributed by atoms with Gasteiger partial charge in [0.25, 0.3) is 5.91 Å². The molecule has 0 saturated heterocycles. The monoisotopic (exact) mass is 410 g/mol. The lowest BCUT2D eigenvalue weighted by Gasteiger charge is -2.11. The minimum atomic E-state index is -0.357. The minimum Gasteiger partial charge on any atom is -0.493 e. The highest BCUT2D eigenvalue weighted by Gasteiger charge is 2.11. The van der Waals surface area contributed by atoms with Gasteiger partial charge < -0.3 is 10.1 Å². The van der Waals surface area contributed by atoms with Gasteiger partial charge in [-0.15, -0.1) is 0 Å². The molecule has 0 unspecified atom stereocenters. The number of rotatable bonds is 6. The predicted octanol–water partition coefficient (Wildman–Crippen LogP) is 5.09. The van der Waals surface area contributed by atoms with E-state index in [4.69, 9.17) is 28.6 Å². The maximum absolute atomic E-state index is 12.2. The van der Waals surface area contributed by atoms with E-state index >= 15 is 0 Å². The highest BCUT2D eigenvalue weighted by molar-refractivity contribution is 7.80. The van der Waals surface area contributed by atoms with E-state index in [0.29, 0.717) is 17.2 Å². The van der Waals surface area contributed by atoms with Crippen molar-refractivity contribution in [3.63, 3.8) is 0 Å². The Bertz CT molecular complexity index is 946. The van der Waals surface area contributed by atoms with Crippen LogP contribution >= 0.6 is 23.8 Å². The third-order valence-corrected chi connectivity index (χ3v) is 4.49. The summed E-state index contributed by atoms with van der Waals surface area (Å²) in [6, 6.07) is 24.4. The van der Waals surface area contributed by atoms with Gasteiger partial charge in [0, 0.05) is 12.1 Å². The summed E-state index contributed by atoms with van der Waals surface area (Å²) in [5.41, 5.74) is 2.36. The van der Waals surface area contributed by atoms with Crippen LogP contribution in [-0.4, -0.2) is 17.6 Å². The Morgan fingerprint density at radius 2 is 1.61 bits per heavy atom. The molecular weight excluding hydrogens is 392 g/mol. The highest BCUT2D eigenvalue weighted by Crippen LogP contribution is 2.17. The number of benzene rings is 3. The number of hydrogen-bond donors (Lipinski definition) is 2. The molecule has 0 aliphatic rings. The molecule has 3 aromatic rings. The van der Waals surface area contributed by atoms with Crippen molar-refractivity contribution in [2.45, 2.75) is 6.42 Å². The molecule has 3 aromatic carbocycles. The molecule has 3 rings (SSSR count). The molecule has 0 radical (unpaired) electrons. The van der Waals surface area contributed by atoms with Crippen LogP contribution in [0.3, 0.4) is 0 Å². The number of carbonyl (C=O) groups is 1. The Balaban J connectivity index is 1.47. The predicted molar refractivity (Wildman–Crippen MR) is 117 cm³/mol. The zero-order valence-electron chi connectivity index (χ0n) is 15.0. The molecule has 0 heterocycles. The lowest BCUT2D eigenvalue weighted by atomic mass is 10.2. The van der Waals surface area contributed by atoms with Gasteiger partial charge in [-0.05, 0) is 54.2 Å². The lowest BCUT2D eigenvalue weighted by Crippen LogP contribution is -2.34. The van der Waals surface area contributed by atoms with Gasteiger partial charge in [0.1, 0.15) is 5.75 Å². The molecule has 0 spiro atoms. The quantitative estimate of drug-likeness (QED) is 0.556. The van der Waals surface area contributed by atoms with E-state index in [1.807, 2.05) is 42.5 Å². The van der Waals surface area contributed by atoms with Gasteiger partial charge >= 0.3 is 0 Å². The van der Waals surface area contributed by atoms with E-state index in [9.17, 15) is 4.79 Å². The summed E-state index contributed by atoms with van der Waals surface area (Å²) in [5.74, 6) is 0.413. The first-order chi connectivity index (χ1) is 13.6. The lowest BCUT2D eigenvalue weighted by molar-refractivity contribution is 0.0978. The number of carbonyl (C=O) groups excluding carboxylic acids is 1. The SMILES string of the molecule is O=C(NC(=S)Nc1ccc(OCCc2ccccc2)cc1)c1ccccc1Cl. The van der Waals surface area contributed by atoms with E-state index in [0.717, 1.165) is 17.9 Å². The van der Waals surface area contributed by atoms with Crippen LogP contribution in [0, 0.1) is 0 Å². The second-order valence-electron chi connectivity index (χ2n) is 6.00. The molecule has 142 valence electrons. The minimum absolute atomic E-state index is 0.197. The van der Waals surface area contributed by atoms with Crippen molar-refractivity contribution >= 4 is 40.5 Å². The normalized spacial score (nSPS) is 10.2. The Hall–Kier alpha value is -2.89. The number of halogens is 1. The zero-order chi connectivity index (χ0) is 19.8. The molecule has 0 atom stereocenters. The van der Waals surface area contributed by atoms with E-state index in [-0.39, 0.29) is 11.0 Å². The van der Waals surface area contributed by atoms with Crippen molar-refractivity contribution in [2.75, 3.05) is 11.9 Å². The molecular formula is C22H19ClN2O2S. The third kappa shape index (κ3) is 5.81. The Morgan fingerprint density at radius 1 is 0.929 bits per heavy atom.